The SMILES string of the molecule is O=C(CN1CCCCC1)NC(=O)Nc1ccc2c(c1)OCCO2. The van der Waals surface area contributed by atoms with Crippen LogP contribution in [0, 0.1) is 0 Å². The van der Waals surface area contributed by atoms with Crippen LogP contribution in [0.15, 0.2) is 18.2 Å². The first-order chi connectivity index (χ1) is 11.2. The molecule has 0 radical (unpaired) electrons. The van der Waals surface area contributed by atoms with Gasteiger partial charge in [-0.1, -0.05) is 6.42 Å². The minimum Gasteiger partial charge on any atom is -0.486 e. The zero-order valence-corrected chi connectivity index (χ0v) is 13.0. The van der Waals surface area contributed by atoms with Crippen molar-refractivity contribution in [2.45, 2.75) is 19.3 Å². The molecule has 23 heavy (non-hydrogen) atoms. The largest absolute Gasteiger partial charge is 0.486 e. The Hall–Kier alpha value is -2.28. The number of amides is 3. The van der Waals surface area contributed by atoms with Crippen LogP contribution < -0.4 is 20.1 Å². The third kappa shape index (κ3) is 4.35. The lowest BCUT2D eigenvalue weighted by Gasteiger charge is -2.25. The Morgan fingerprint density at radius 1 is 1.04 bits per heavy atom. The third-order valence-electron chi connectivity index (χ3n) is 3.87. The van der Waals surface area contributed by atoms with Crippen LogP contribution in [0.5, 0.6) is 11.5 Å². The van der Waals surface area contributed by atoms with Gasteiger partial charge in [-0.2, -0.15) is 0 Å². The molecule has 1 fully saturated rings. The van der Waals surface area contributed by atoms with Gasteiger partial charge in [0.05, 0.1) is 6.54 Å². The normalized spacial score (nSPS) is 17.4. The van der Waals surface area contributed by atoms with Crippen molar-refractivity contribution in [2.75, 3.05) is 38.2 Å². The van der Waals surface area contributed by atoms with Crippen molar-refractivity contribution in [3.63, 3.8) is 0 Å². The Labute approximate surface area is 134 Å². The molecule has 0 saturated carbocycles. The number of hydrogen-bond acceptors (Lipinski definition) is 5. The van der Waals surface area contributed by atoms with Crippen LogP contribution in [0.1, 0.15) is 19.3 Å². The molecular weight excluding hydrogens is 298 g/mol. The fraction of sp³-hybridized carbons (Fsp3) is 0.500. The van der Waals surface area contributed by atoms with Crippen LogP contribution in [-0.4, -0.2) is 49.7 Å². The first-order valence-electron chi connectivity index (χ1n) is 7.93. The molecule has 2 N–H and O–H groups in total. The van der Waals surface area contributed by atoms with Crippen LogP contribution in [0.3, 0.4) is 0 Å². The number of likely N-dealkylation sites (tertiary alicyclic amines) is 1. The van der Waals surface area contributed by atoms with E-state index < -0.39 is 6.03 Å². The van der Waals surface area contributed by atoms with Gasteiger partial charge in [0.25, 0.3) is 0 Å². The zero-order valence-electron chi connectivity index (χ0n) is 13.0. The number of anilines is 1. The number of nitrogens with zero attached hydrogens (tertiary/aromatic N) is 1. The van der Waals surface area contributed by atoms with E-state index >= 15 is 0 Å². The Balaban J connectivity index is 1.49. The van der Waals surface area contributed by atoms with Gasteiger partial charge in [-0.25, -0.2) is 4.79 Å². The number of imide groups is 1. The molecule has 3 rings (SSSR count). The molecule has 2 aliphatic rings. The summed E-state index contributed by atoms with van der Waals surface area (Å²) in [4.78, 5) is 25.9. The van der Waals surface area contributed by atoms with Gasteiger partial charge in [0.15, 0.2) is 11.5 Å². The predicted molar refractivity (Wildman–Crippen MR) is 84.9 cm³/mol. The number of piperidine rings is 1. The van der Waals surface area contributed by atoms with E-state index in [0.717, 1.165) is 25.9 Å². The minimum atomic E-state index is -0.538. The lowest BCUT2D eigenvalue weighted by molar-refractivity contribution is -0.121. The van der Waals surface area contributed by atoms with Gasteiger partial charge in [-0.15, -0.1) is 0 Å². The molecule has 0 bridgehead atoms. The lowest BCUT2D eigenvalue weighted by Crippen LogP contribution is -2.43. The van der Waals surface area contributed by atoms with E-state index in [1.54, 1.807) is 18.2 Å². The van der Waals surface area contributed by atoms with Crippen molar-refractivity contribution in [1.29, 1.82) is 0 Å². The number of urea groups is 1. The summed E-state index contributed by atoms with van der Waals surface area (Å²) in [6, 6.07) is 4.59. The summed E-state index contributed by atoms with van der Waals surface area (Å²) in [7, 11) is 0. The monoisotopic (exact) mass is 319 g/mol. The van der Waals surface area contributed by atoms with E-state index in [1.807, 2.05) is 0 Å². The molecule has 1 aromatic carbocycles. The lowest BCUT2D eigenvalue weighted by atomic mass is 10.1. The average molecular weight is 319 g/mol. The Bertz CT molecular complexity index is 585. The second kappa shape index (κ2) is 7.32. The zero-order chi connectivity index (χ0) is 16.1. The number of hydrogen-bond donors (Lipinski definition) is 2. The van der Waals surface area contributed by atoms with Crippen molar-refractivity contribution in [2.24, 2.45) is 0 Å². The van der Waals surface area contributed by atoms with E-state index in [9.17, 15) is 9.59 Å². The molecule has 3 amide bonds. The number of rotatable bonds is 3. The number of fused-ring (bicyclic) bond motifs is 1. The second-order valence-corrected chi connectivity index (χ2v) is 5.70. The van der Waals surface area contributed by atoms with Gasteiger partial charge < -0.3 is 14.8 Å². The highest BCUT2D eigenvalue weighted by Gasteiger charge is 2.16. The van der Waals surface area contributed by atoms with Crippen molar-refractivity contribution in [3.05, 3.63) is 18.2 Å². The summed E-state index contributed by atoms with van der Waals surface area (Å²) in [5.41, 5.74) is 0.553. The molecule has 0 unspecified atom stereocenters. The summed E-state index contributed by atoms with van der Waals surface area (Å²) in [5.74, 6) is 0.957. The van der Waals surface area contributed by atoms with E-state index in [2.05, 4.69) is 15.5 Å². The maximum atomic E-state index is 11.9. The van der Waals surface area contributed by atoms with Crippen LogP contribution in [0.4, 0.5) is 10.5 Å². The molecule has 0 aromatic heterocycles. The Kier molecular flexibility index (Phi) is 4.97. The quantitative estimate of drug-likeness (QED) is 0.884. The van der Waals surface area contributed by atoms with Crippen molar-refractivity contribution >= 4 is 17.6 Å². The predicted octanol–water partition coefficient (Wildman–Crippen LogP) is 1.59. The van der Waals surface area contributed by atoms with E-state index in [4.69, 9.17) is 9.47 Å². The minimum absolute atomic E-state index is 0.258. The molecule has 2 aliphatic heterocycles. The van der Waals surface area contributed by atoms with Gasteiger partial charge >= 0.3 is 6.03 Å². The van der Waals surface area contributed by atoms with Gasteiger partial charge in [-0.05, 0) is 38.1 Å². The highest BCUT2D eigenvalue weighted by Crippen LogP contribution is 2.32. The number of carbonyl (C=O) groups is 2. The number of nitrogens with one attached hydrogen (secondary N) is 2. The summed E-state index contributed by atoms with van der Waals surface area (Å²) >= 11 is 0. The van der Waals surface area contributed by atoms with E-state index in [1.165, 1.54) is 6.42 Å². The maximum absolute atomic E-state index is 11.9. The van der Waals surface area contributed by atoms with Gasteiger partial charge in [-0.3, -0.25) is 15.0 Å². The fourth-order valence-electron chi connectivity index (χ4n) is 2.77. The number of carbonyl (C=O) groups excluding carboxylic acids is 2. The molecule has 7 nitrogen and oxygen atoms in total. The Morgan fingerprint density at radius 3 is 2.57 bits per heavy atom. The van der Waals surface area contributed by atoms with Crippen LogP contribution in [0.2, 0.25) is 0 Å². The molecular formula is C16H21N3O4. The summed E-state index contributed by atoms with van der Waals surface area (Å²) in [5, 5.41) is 4.99. The van der Waals surface area contributed by atoms with Crippen molar-refractivity contribution < 1.29 is 19.1 Å². The smallest absolute Gasteiger partial charge is 0.325 e. The summed E-state index contributed by atoms with van der Waals surface area (Å²) in [6.45, 7) is 3.09. The van der Waals surface area contributed by atoms with Crippen molar-refractivity contribution in [3.8, 4) is 11.5 Å². The van der Waals surface area contributed by atoms with Crippen LogP contribution in [0.25, 0.3) is 0 Å². The molecule has 2 heterocycles. The molecule has 0 atom stereocenters. The van der Waals surface area contributed by atoms with E-state index in [0.29, 0.717) is 30.4 Å². The number of ether oxygens (including phenoxy) is 2. The van der Waals surface area contributed by atoms with E-state index in [-0.39, 0.29) is 12.5 Å². The van der Waals surface area contributed by atoms with Gasteiger partial charge in [0.1, 0.15) is 13.2 Å². The molecule has 0 aliphatic carbocycles. The first kappa shape index (κ1) is 15.6. The van der Waals surface area contributed by atoms with Crippen LogP contribution >= 0.6 is 0 Å². The molecule has 124 valence electrons. The standard InChI is InChI=1S/C16H21N3O4/c20-15(11-19-6-2-1-3-7-19)18-16(21)17-12-4-5-13-14(10-12)23-9-8-22-13/h4-5,10H,1-3,6-9,11H2,(H2,17,18,20,21). The van der Waals surface area contributed by atoms with Crippen LogP contribution in [-0.2, 0) is 4.79 Å². The highest BCUT2D eigenvalue weighted by molar-refractivity contribution is 6.01. The summed E-state index contributed by atoms with van der Waals surface area (Å²) < 4.78 is 10.9. The first-order valence-corrected chi connectivity index (χ1v) is 7.93. The molecule has 1 saturated heterocycles. The second-order valence-electron chi connectivity index (χ2n) is 5.70. The highest BCUT2D eigenvalue weighted by atomic mass is 16.6. The third-order valence-corrected chi connectivity index (χ3v) is 3.87. The van der Waals surface area contributed by atoms with Gasteiger partial charge in [0.2, 0.25) is 5.91 Å². The van der Waals surface area contributed by atoms with Crippen molar-refractivity contribution in [1.82, 2.24) is 10.2 Å². The molecule has 7 heteroatoms. The topological polar surface area (TPSA) is 79.9 Å². The number of benzene rings is 1. The maximum Gasteiger partial charge on any atom is 0.325 e. The molecule has 1 aromatic rings. The average Bonchev–Trinajstić information content (AvgIpc) is 2.55. The summed E-state index contributed by atoms with van der Waals surface area (Å²) in [6.07, 6.45) is 3.43. The molecule has 0 spiro atoms. The van der Waals surface area contributed by atoms with Gasteiger partial charge in [0, 0.05) is 11.8 Å². The fourth-order valence-corrected chi connectivity index (χ4v) is 2.77. The Morgan fingerprint density at radius 2 is 1.78 bits per heavy atom.